The Balaban J connectivity index is 2.03. The summed E-state index contributed by atoms with van der Waals surface area (Å²) >= 11 is 0. The molecule has 0 bridgehead atoms. The number of carboxylic acids is 1. The van der Waals surface area contributed by atoms with Gasteiger partial charge in [0.05, 0.1) is 11.4 Å². The first kappa shape index (κ1) is 15.3. The molecule has 2 N–H and O–H groups in total. The minimum Gasteiger partial charge on any atom is -0.475 e. The Kier molecular flexibility index (Phi) is 3.72. The molecule has 120 valence electrons. The number of carboxylic acid groups (broad SMARTS) is 1. The van der Waals surface area contributed by atoms with Gasteiger partial charge >= 0.3 is 5.97 Å². The van der Waals surface area contributed by atoms with E-state index in [4.69, 9.17) is 4.42 Å². The van der Waals surface area contributed by atoms with Crippen LogP contribution in [0.2, 0.25) is 0 Å². The molecular formula is C18H20N2O3. The van der Waals surface area contributed by atoms with E-state index in [1.54, 1.807) is 6.92 Å². The molecule has 0 amide bonds. The van der Waals surface area contributed by atoms with Crippen molar-refractivity contribution in [2.24, 2.45) is 10.5 Å². The van der Waals surface area contributed by atoms with E-state index >= 15 is 0 Å². The van der Waals surface area contributed by atoms with E-state index < -0.39 is 5.97 Å². The minimum atomic E-state index is -1.04. The van der Waals surface area contributed by atoms with Gasteiger partial charge in [-0.25, -0.2) is 4.79 Å². The van der Waals surface area contributed by atoms with E-state index in [9.17, 15) is 9.90 Å². The maximum atomic E-state index is 11.3. The highest BCUT2D eigenvalue weighted by atomic mass is 16.4. The van der Waals surface area contributed by atoms with E-state index in [0.717, 1.165) is 23.4 Å². The summed E-state index contributed by atoms with van der Waals surface area (Å²) in [6.07, 6.45) is 1.47. The zero-order chi connectivity index (χ0) is 16.6. The standard InChI is InChI=1S/C18H20N2O3/c1-11-15-13(20-19-12-7-5-4-6-8-12)9-18(2,3)10-14(15)23-16(11)17(21)22/h4-8,19H,9-10H2,1-3H3,(H,21,22)/b20-13+. The molecule has 1 aliphatic rings. The fourth-order valence-electron chi connectivity index (χ4n) is 3.06. The number of hydrogen-bond donors (Lipinski definition) is 2. The molecule has 0 unspecified atom stereocenters. The van der Waals surface area contributed by atoms with Gasteiger partial charge in [0.25, 0.3) is 0 Å². The second-order valence-electron chi connectivity index (χ2n) is 6.71. The van der Waals surface area contributed by atoms with Gasteiger partial charge in [-0.15, -0.1) is 0 Å². The highest BCUT2D eigenvalue weighted by Crippen LogP contribution is 2.38. The predicted molar refractivity (Wildman–Crippen MR) is 89.1 cm³/mol. The lowest BCUT2D eigenvalue weighted by Gasteiger charge is -2.29. The van der Waals surface area contributed by atoms with Crippen LogP contribution in [-0.4, -0.2) is 16.8 Å². The molecule has 5 nitrogen and oxygen atoms in total. The van der Waals surface area contributed by atoms with Crippen LogP contribution in [0.5, 0.6) is 0 Å². The summed E-state index contributed by atoms with van der Waals surface area (Å²) in [4.78, 5) is 11.3. The Hall–Kier alpha value is -2.56. The van der Waals surface area contributed by atoms with Gasteiger partial charge in [-0.05, 0) is 30.9 Å². The van der Waals surface area contributed by atoms with Gasteiger partial charge in [0.1, 0.15) is 5.76 Å². The summed E-state index contributed by atoms with van der Waals surface area (Å²) in [7, 11) is 0. The third-order valence-electron chi connectivity index (χ3n) is 4.08. The molecule has 23 heavy (non-hydrogen) atoms. The Morgan fingerprint density at radius 3 is 2.61 bits per heavy atom. The van der Waals surface area contributed by atoms with Crippen LogP contribution in [0.3, 0.4) is 0 Å². The Labute approximate surface area is 135 Å². The summed E-state index contributed by atoms with van der Waals surface area (Å²) < 4.78 is 5.61. The van der Waals surface area contributed by atoms with Crippen LogP contribution < -0.4 is 5.43 Å². The van der Waals surface area contributed by atoms with Crippen molar-refractivity contribution in [1.82, 2.24) is 0 Å². The smallest absolute Gasteiger partial charge is 0.372 e. The van der Waals surface area contributed by atoms with E-state index in [0.29, 0.717) is 17.7 Å². The molecule has 1 aromatic carbocycles. The van der Waals surface area contributed by atoms with Crippen LogP contribution in [0.4, 0.5) is 5.69 Å². The van der Waals surface area contributed by atoms with Crippen LogP contribution >= 0.6 is 0 Å². The molecule has 1 aliphatic carbocycles. The van der Waals surface area contributed by atoms with Crippen molar-refractivity contribution in [3.05, 3.63) is 53.0 Å². The van der Waals surface area contributed by atoms with Crippen molar-refractivity contribution in [2.75, 3.05) is 5.43 Å². The molecule has 1 aromatic heterocycles. The predicted octanol–water partition coefficient (Wildman–Crippen LogP) is 4.07. The van der Waals surface area contributed by atoms with Crippen LogP contribution in [0.15, 0.2) is 39.9 Å². The molecule has 5 heteroatoms. The normalized spacial score (nSPS) is 17.8. The molecule has 1 heterocycles. The van der Waals surface area contributed by atoms with Crippen LogP contribution in [0, 0.1) is 12.3 Å². The first-order valence-corrected chi connectivity index (χ1v) is 7.61. The van der Waals surface area contributed by atoms with Crippen LogP contribution in [0.25, 0.3) is 0 Å². The zero-order valence-corrected chi connectivity index (χ0v) is 13.5. The second-order valence-corrected chi connectivity index (χ2v) is 6.71. The number of benzene rings is 1. The van der Waals surface area contributed by atoms with Gasteiger partial charge in [-0.3, -0.25) is 5.43 Å². The van der Waals surface area contributed by atoms with Crippen molar-refractivity contribution >= 4 is 17.4 Å². The number of carbonyl (C=O) groups is 1. The van der Waals surface area contributed by atoms with Crippen molar-refractivity contribution in [1.29, 1.82) is 0 Å². The third kappa shape index (κ3) is 2.99. The summed E-state index contributed by atoms with van der Waals surface area (Å²) in [5.41, 5.74) is 6.26. The Bertz CT molecular complexity index is 773. The second kappa shape index (κ2) is 5.57. The number of hydrazone groups is 1. The molecular weight excluding hydrogens is 292 g/mol. The average Bonchev–Trinajstić information content (AvgIpc) is 2.81. The Morgan fingerprint density at radius 2 is 1.96 bits per heavy atom. The number of rotatable bonds is 3. The summed E-state index contributed by atoms with van der Waals surface area (Å²) in [6, 6.07) is 9.68. The average molecular weight is 312 g/mol. The number of para-hydroxylation sites is 1. The fourth-order valence-corrected chi connectivity index (χ4v) is 3.06. The molecule has 2 aromatic rings. The quantitative estimate of drug-likeness (QED) is 0.838. The molecule has 0 radical (unpaired) electrons. The summed E-state index contributed by atoms with van der Waals surface area (Å²) in [5.74, 6) is -0.310. The fraction of sp³-hybridized carbons (Fsp3) is 0.333. The first-order chi connectivity index (χ1) is 10.9. The van der Waals surface area contributed by atoms with Gasteiger partial charge < -0.3 is 9.52 Å². The van der Waals surface area contributed by atoms with Crippen molar-refractivity contribution in [3.63, 3.8) is 0 Å². The maximum absolute atomic E-state index is 11.3. The molecule has 0 aliphatic heterocycles. The third-order valence-corrected chi connectivity index (χ3v) is 4.08. The van der Waals surface area contributed by atoms with Gasteiger partial charge in [0.15, 0.2) is 0 Å². The molecule has 0 spiro atoms. The number of fused-ring (bicyclic) bond motifs is 1. The van der Waals surface area contributed by atoms with Gasteiger partial charge in [-0.2, -0.15) is 5.10 Å². The maximum Gasteiger partial charge on any atom is 0.372 e. The summed E-state index contributed by atoms with van der Waals surface area (Å²) in [6.45, 7) is 6.04. The number of hydrogen-bond acceptors (Lipinski definition) is 4. The molecule has 0 atom stereocenters. The number of nitrogens with one attached hydrogen (secondary N) is 1. The number of nitrogens with zero attached hydrogens (tertiary/aromatic N) is 1. The molecule has 0 saturated carbocycles. The SMILES string of the molecule is Cc1c(C(=O)O)oc2c1/C(=N/Nc1ccccc1)CC(C)(C)C2. The van der Waals surface area contributed by atoms with E-state index in [2.05, 4.69) is 24.4 Å². The molecule has 0 saturated heterocycles. The van der Waals surface area contributed by atoms with E-state index in [1.165, 1.54) is 0 Å². The van der Waals surface area contributed by atoms with Gasteiger partial charge in [0, 0.05) is 17.5 Å². The number of furan rings is 1. The van der Waals surface area contributed by atoms with Crippen molar-refractivity contribution in [2.45, 2.75) is 33.6 Å². The lowest BCUT2D eigenvalue weighted by Crippen LogP contribution is -2.27. The van der Waals surface area contributed by atoms with E-state index in [-0.39, 0.29) is 11.2 Å². The van der Waals surface area contributed by atoms with Gasteiger partial charge in [-0.1, -0.05) is 32.0 Å². The van der Waals surface area contributed by atoms with Crippen molar-refractivity contribution < 1.29 is 14.3 Å². The summed E-state index contributed by atoms with van der Waals surface area (Å²) in [5, 5.41) is 13.8. The number of aromatic carboxylic acids is 1. The first-order valence-electron chi connectivity index (χ1n) is 7.61. The Morgan fingerprint density at radius 1 is 1.26 bits per heavy atom. The topological polar surface area (TPSA) is 74.8 Å². The largest absolute Gasteiger partial charge is 0.475 e. The molecule has 0 fully saturated rings. The van der Waals surface area contributed by atoms with E-state index in [1.807, 2.05) is 30.3 Å². The molecule has 3 rings (SSSR count). The van der Waals surface area contributed by atoms with Crippen LogP contribution in [0.1, 0.15) is 47.7 Å². The zero-order valence-electron chi connectivity index (χ0n) is 13.5. The highest BCUT2D eigenvalue weighted by Gasteiger charge is 2.36. The van der Waals surface area contributed by atoms with Gasteiger partial charge in [0.2, 0.25) is 5.76 Å². The lowest BCUT2D eigenvalue weighted by atomic mass is 9.75. The lowest BCUT2D eigenvalue weighted by molar-refractivity contribution is 0.0658. The van der Waals surface area contributed by atoms with Crippen LogP contribution in [-0.2, 0) is 6.42 Å². The highest BCUT2D eigenvalue weighted by molar-refractivity contribution is 6.06. The number of anilines is 1. The monoisotopic (exact) mass is 312 g/mol. The van der Waals surface area contributed by atoms with Crippen molar-refractivity contribution in [3.8, 4) is 0 Å². The minimum absolute atomic E-state index is 0.0140.